The fraction of sp³-hybridized carbons (Fsp3) is 0.375. The van der Waals surface area contributed by atoms with Gasteiger partial charge in [0.25, 0.3) is 17.6 Å². The maximum Gasteiger partial charge on any atom is 0.294 e. The quantitative estimate of drug-likeness (QED) is 0.494. The number of nitrogens with zero attached hydrogens (tertiary/aromatic N) is 1. The number of amides is 2. The van der Waals surface area contributed by atoms with Crippen LogP contribution >= 0.6 is 0 Å². The summed E-state index contributed by atoms with van der Waals surface area (Å²) in [5.41, 5.74) is 3.11. The monoisotopic (exact) mass is 438 g/mol. The van der Waals surface area contributed by atoms with Gasteiger partial charge in [0, 0.05) is 36.1 Å². The van der Waals surface area contributed by atoms with E-state index in [0.29, 0.717) is 34.6 Å². The van der Waals surface area contributed by atoms with E-state index in [1.807, 2.05) is 0 Å². The van der Waals surface area contributed by atoms with Crippen LogP contribution in [0.25, 0.3) is 0 Å². The van der Waals surface area contributed by atoms with E-state index in [1.165, 1.54) is 18.2 Å². The molecule has 1 aromatic heterocycles. The first-order chi connectivity index (χ1) is 15.1. The summed E-state index contributed by atoms with van der Waals surface area (Å²) in [6, 6.07) is 4.13. The van der Waals surface area contributed by atoms with Crippen molar-refractivity contribution in [2.24, 2.45) is 12.5 Å². The molecule has 1 spiro atoms. The minimum absolute atomic E-state index is 0.145. The Bertz CT molecular complexity index is 1180. The van der Waals surface area contributed by atoms with E-state index < -0.39 is 17.6 Å². The van der Waals surface area contributed by atoms with Crippen LogP contribution in [0.2, 0.25) is 0 Å². The molecule has 1 aliphatic heterocycles. The predicted molar refractivity (Wildman–Crippen MR) is 119 cm³/mol. The highest BCUT2D eigenvalue weighted by Crippen LogP contribution is 2.55. The Morgan fingerprint density at radius 3 is 2.53 bits per heavy atom. The molecule has 2 heterocycles. The van der Waals surface area contributed by atoms with Crippen molar-refractivity contribution in [3.8, 4) is 0 Å². The van der Waals surface area contributed by atoms with Gasteiger partial charge in [-0.05, 0) is 62.9 Å². The van der Waals surface area contributed by atoms with Crippen LogP contribution in [-0.2, 0) is 11.8 Å². The number of ketones is 1. The first-order valence-corrected chi connectivity index (χ1v) is 10.6. The smallest absolute Gasteiger partial charge is 0.294 e. The minimum Gasteiger partial charge on any atom is -0.386 e. The highest BCUT2D eigenvalue weighted by molar-refractivity contribution is 6.43. The lowest BCUT2D eigenvalue weighted by Gasteiger charge is -2.18. The first kappa shape index (κ1) is 21.8. The standard InChI is InChI=1S/C24H27FN4O3/c1-12-10-16(6-7-17(12)25)27-22(31)19-13(2)20(29(5)14(19)3)21(30)23(32)28-18-11-26-15(4)24(18)8-9-24/h6-7,10,18,26H,4,8-9,11H2,1-3,5H3,(H,27,31)(H,28,32)/t18-/m0/s1. The summed E-state index contributed by atoms with van der Waals surface area (Å²) in [7, 11) is 1.66. The van der Waals surface area contributed by atoms with Crippen molar-refractivity contribution in [3.05, 3.63) is 64.4 Å². The highest BCUT2D eigenvalue weighted by atomic mass is 19.1. The summed E-state index contributed by atoms with van der Waals surface area (Å²) < 4.78 is 15.1. The van der Waals surface area contributed by atoms with Gasteiger partial charge >= 0.3 is 0 Å². The number of carbonyl (C=O) groups excluding carboxylic acids is 3. The Morgan fingerprint density at radius 2 is 1.91 bits per heavy atom. The van der Waals surface area contributed by atoms with E-state index in [4.69, 9.17) is 0 Å². The number of aromatic nitrogens is 1. The van der Waals surface area contributed by atoms with Gasteiger partial charge in [0.05, 0.1) is 17.3 Å². The first-order valence-electron chi connectivity index (χ1n) is 10.6. The van der Waals surface area contributed by atoms with Crippen molar-refractivity contribution in [3.63, 3.8) is 0 Å². The van der Waals surface area contributed by atoms with E-state index >= 15 is 0 Å². The van der Waals surface area contributed by atoms with Crippen molar-refractivity contribution in [2.75, 3.05) is 11.9 Å². The number of hydrogen-bond donors (Lipinski definition) is 3. The summed E-state index contributed by atoms with van der Waals surface area (Å²) in [5, 5.41) is 8.80. The van der Waals surface area contributed by atoms with Gasteiger partial charge in [0.1, 0.15) is 5.82 Å². The van der Waals surface area contributed by atoms with E-state index in [1.54, 1.807) is 32.4 Å². The molecule has 2 fully saturated rings. The van der Waals surface area contributed by atoms with Gasteiger partial charge in [-0.3, -0.25) is 14.4 Å². The van der Waals surface area contributed by atoms with Crippen LogP contribution in [0.4, 0.5) is 10.1 Å². The number of Topliss-reactive ketones (excluding diaryl/α,β-unsaturated/α-hetero) is 1. The van der Waals surface area contributed by atoms with Crippen molar-refractivity contribution < 1.29 is 18.8 Å². The average Bonchev–Trinajstić information content (AvgIpc) is 3.44. The number of rotatable bonds is 5. The van der Waals surface area contributed by atoms with E-state index in [0.717, 1.165) is 18.5 Å². The summed E-state index contributed by atoms with van der Waals surface area (Å²) in [6.07, 6.45) is 1.88. The van der Waals surface area contributed by atoms with Crippen LogP contribution in [0.1, 0.15) is 50.5 Å². The highest BCUT2D eigenvalue weighted by Gasteiger charge is 2.56. The molecule has 0 unspecified atom stereocenters. The third kappa shape index (κ3) is 3.39. The van der Waals surface area contributed by atoms with Gasteiger partial charge in [0.15, 0.2) is 0 Å². The van der Waals surface area contributed by atoms with Crippen LogP contribution in [0.15, 0.2) is 30.5 Å². The van der Waals surface area contributed by atoms with E-state index in [9.17, 15) is 18.8 Å². The molecule has 2 aliphatic rings. The maximum absolute atomic E-state index is 13.5. The zero-order valence-corrected chi connectivity index (χ0v) is 18.7. The van der Waals surface area contributed by atoms with Gasteiger partial charge in [-0.15, -0.1) is 0 Å². The average molecular weight is 439 g/mol. The molecule has 32 heavy (non-hydrogen) atoms. The molecular weight excluding hydrogens is 411 g/mol. The van der Waals surface area contributed by atoms with Gasteiger partial charge in [0.2, 0.25) is 0 Å². The second-order valence-electron chi connectivity index (χ2n) is 8.78. The number of benzene rings is 1. The van der Waals surface area contributed by atoms with Gasteiger partial charge in [-0.25, -0.2) is 4.39 Å². The molecule has 2 amide bonds. The molecule has 1 aliphatic carbocycles. The topological polar surface area (TPSA) is 92.2 Å². The summed E-state index contributed by atoms with van der Waals surface area (Å²) >= 11 is 0. The number of halogens is 1. The zero-order chi connectivity index (χ0) is 23.4. The molecular formula is C24H27FN4O3. The number of carbonyl (C=O) groups is 3. The third-order valence-electron chi connectivity index (χ3n) is 6.88. The normalized spacial score (nSPS) is 18.4. The lowest BCUT2D eigenvalue weighted by molar-refractivity contribution is -0.117. The summed E-state index contributed by atoms with van der Waals surface area (Å²) in [4.78, 5) is 38.8. The third-order valence-corrected chi connectivity index (χ3v) is 6.88. The molecule has 7 nitrogen and oxygen atoms in total. The maximum atomic E-state index is 13.5. The molecule has 168 valence electrons. The Hall–Kier alpha value is -3.42. The van der Waals surface area contributed by atoms with Crippen molar-refractivity contribution in [1.29, 1.82) is 0 Å². The van der Waals surface area contributed by atoms with Gasteiger partial charge in [-0.1, -0.05) is 6.58 Å². The molecule has 1 aromatic carbocycles. The van der Waals surface area contributed by atoms with E-state index in [2.05, 4.69) is 22.5 Å². The number of anilines is 1. The largest absolute Gasteiger partial charge is 0.386 e. The SMILES string of the molecule is C=C1NC[C@H](NC(=O)C(=O)c2c(C)c(C(=O)Nc3ccc(F)c(C)c3)c(C)n2C)C12CC2. The second-order valence-corrected chi connectivity index (χ2v) is 8.78. The Labute approximate surface area is 186 Å². The molecule has 1 saturated carbocycles. The predicted octanol–water partition coefficient (Wildman–Crippen LogP) is 2.91. The van der Waals surface area contributed by atoms with Gasteiger partial charge < -0.3 is 20.5 Å². The summed E-state index contributed by atoms with van der Waals surface area (Å²) in [5.74, 6) is -2.15. The van der Waals surface area contributed by atoms with Crippen LogP contribution in [0, 0.1) is 32.0 Å². The van der Waals surface area contributed by atoms with Crippen molar-refractivity contribution in [1.82, 2.24) is 15.2 Å². The van der Waals surface area contributed by atoms with Gasteiger partial charge in [-0.2, -0.15) is 0 Å². The molecule has 0 bridgehead atoms. The van der Waals surface area contributed by atoms with Crippen molar-refractivity contribution in [2.45, 2.75) is 39.7 Å². The fourth-order valence-electron chi connectivity index (χ4n) is 4.66. The lowest BCUT2D eigenvalue weighted by Crippen LogP contribution is -2.44. The fourth-order valence-corrected chi connectivity index (χ4v) is 4.66. The van der Waals surface area contributed by atoms with Crippen molar-refractivity contribution >= 4 is 23.3 Å². The lowest BCUT2D eigenvalue weighted by atomic mass is 9.97. The van der Waals surface area contributed by atoms with Crippen LogP contribution in [0.5, 0.6) is 0 Å². The zero-order valence-electron chi connectivity index (χ0n) is 18.7. The summed E-state index contributed by atoms with van der Waals surface area (Å²) in [6.45, 7) is 9.55. The number of hydrogen-bond acceptors (Lipinski definition) is 4. The number of aryl methyl sites for hydroxylation is 1. The molecule has 1 saturated heterocycles. The van der Waals surface area contributed by atoms with E-state index in [-0.39, 0.29) is 23.0 Å². The Balaban J connectivity index is 1.56. The van der Waals surface area contributed by atoms with Crippen LogP contribution in [-0.4, -0.2) is 34.8 Å². The molecule has 2 aromatic rings. The molecule has 0 radical (unpaired) electrons. The minimum atomic E-state index is -0.692. The molecule has 8 heteroatoms. The Kier molecular flexibility index (Phi) is 5.19. The Morgan fingerprint density at radius 1 is 1.22 bits per heavy atom. The van der Waals surface area contributed by atoms with Crippen LogP contribution < -0.4 is 16.0 Å². The molecule has 1 atom stereocenters. The second kappa shape index (κ2) is 7.62. The van der Waals surface area contributed by atoms with Crippen LogP contribution in [0.3, 0.4) is 0 Å². The number of nitrogens with one attached hydrogen (secondary N) is 3. The molecule has 4 rings (SSSR count). The molecule has 3 N–H and O–H groups in total.